The SMILES string of the molecule is CC(C)(C)NCc1cc(F)c(SC2CCCC2)c(F)c1. The van der Waals surface area contributed by atoms with Crippen molar-refractivity contribution in [1.29, 1.82) is 0 Å². The largest absolute Gasteiger partial charge is 0.308 e. The van der Waals surface area contributed by atoms with E-state index in [1.54, 1.807) is 0 Å². The molecule has 1 saturated carbocycles. The molecule has 0 saturated heterocycles. The van der Waals surface area contributed by atoms with E-state index in [4.69, 9.17) is 0 Å². The van der Waals surface area contributed by atoms with Gasteiger partial charge >= 0.3 is 0 Å². The van der Waals surface area contributed by atoms with Crippen LogP contribution in [0.4, 0.5) is 8.78 Å². The van der Waals surface area contributed by atoms with Gasteiger partial charge < -0.3 is 5.32 Å². The molecular formula is C16H23F2NS. The highest BCUT2D eigenvalue weighted by Gasteiger charge is 2.21. The highest BCUT2D eigenvalue weighted by Crippen LogP contribution is 2.37. The van der Waals surface area contributed by atoms with E-state index in [-0.39, 0.29) is 10.4 Å². The third kappa shape index (κ3) is 4.45. The third-order valence-corrected chi connectivity index (χ3v) is 4.90. The molecule has 4 heteroatoms. The van der Waals surface area contributed by atoms with E-state index >= 15 is 0 Å². The van der Waals surface area contributed by atoms with Gasteiger partial charge in [0.2, 0.25) is 0 Å². The number of nitrogens with one attached hydrogen (secondary N) is 1. The van der Waals surface area contributed by atoms with Crippen LogP contribution in [0.2, 0.25) is 0 Å². The van der Waals surface area contributed by atoms with Crippen LogP contribution in [0.5, 0.6) is 0 Å². The van der Waals surface area contributed by atoms with Crippen LogP contribution in [0, 0.1) is 11.6 Å². The van der Waals surface area contributed by atoms with E-state index in [9.17, 15) is 8.78 Å². The number of rotatable bonds is 4. The number of halogens is 2. The molecule has 0 unspecified atom stereocenters. The molecule has 0 spiro atoms. The first-order valence-corrected chi connectivity index (χ1v) is 8.13. The minimum Gasteiger partial charge on any atom is -0.308 e. The van der Waals surface area contributed by atoms with Crippen molar-refractivity contribution in [2.75, 3.05) is 0 Å². The van der Waals surface area contributed by atoms with E-state index < -0.39 is 11.6 Å². The van der Waals surface area contributed by atoms with Crippen LogP contribution in [0.25, 0.3) is 0 Å². The van der Waals surface area contributed by atoms with Gasteiger partial charge in [0, 0.05) is 17.3 Å². The predicted molar refractivity (Wildman–Crippen MR) is 81.1 cm³/mol. The fourth-order valence-electron chi connectivity index (χ4n) is 2.37. The van der Waals surface area contributed by atoms with Crippen LogP contribution >= 0.6 is 11.8 Å². The molecule has 0 radical (unpaired) electrons. The number of hydrogen-bond acceptors (Lipinski definition) is 2. The molecule has 0 aliphatic heterocycles. The monoisotopic (exact) mass is 299 g/mol. The van der Waals surface area contributed by atoms with E-state index in [0.717, 1.165) is 12.8 Å². The first-order chi connectivity index (χ1) is 9.35. The quantitative estimate of drug-likeness (QED) is 0.849. The molecule has 2 rings (SSSR count). The molecule has 0 heterocycles. The van der Waals surface area contributed by atoms with E-state index in [1.807, 2.05) is 20.8 Å². The fraction of sp³-hybridized carbons (Fsp3) is 0.625. The van der Waals surface area contributed by atoms with Crippen LogP contribution < -0.4 is 5.32 Å². The number of thioether (sulfide) groups is 1. The second-order valence-electron chi connectivity index (χ2n) is 6.52. The second kappa shape index (κ2) is 6.44. The Labute approximate surface area is 124 Å². The zero-order valence-electron chi connectivity index (χ0n) is 12.4. The lowest BCUT2D eigenvalue weighted by Gasteiger charge is -2.21. The molecule has 1 fully saturated rings. The summed E-state index contributed by atoms with van der Waals surface area (Å²) in [4.78, 5) is 0.191. The lowest BCUT2D eigenvalue weighted by Crippen LogP contribution is -2.35. The van der Waals surface area contributed by atoms with Crippen molar-refractivity contribution >= 4 is 11.8 Å². The molecule has 1 aromatic rings. The van der Waals surface area contributed by atoms with Crippen LogP contribution in [0.1, 0.15) is 52.0 Å². The van der Waals surface area contributed by atoms with Gasteiger partial charge in [-0.2, -0.15) is 0 Å². The van der Waals surface area contributed by atoms with Crippen LogP contribution in [-0.4, -0.2) is 10.8 Å². The molecule has 1 N–H and O–H groups in total. The summed E-state index contributed by atoms with van der Waals surface area (Å²) in [5.74, 6) is -0.847. The topological polar surface area (TPSA) is 12.0 Å². The Bertz CT molecular complexity index is 439. The maximum Gasteiger partial charge on any atom is 0.140 e. The minimum absolute atomic E-state index is 0.0653. The van der Waals surface area contributed by atoms with Crippen molar-refractivity contribution in [2.24, 2.45) is 0 Å². The Morgan fingerprint density at radius 1 is 1.15 bits per heavy atom. The van der Waals surface area contributed by atoms with E-state index in [2.05, 4.69) is 5.32 Å². The molecule has 1 aliphatic carbocycles. The highest BCUT2D eigenvalue weighted by molar-refractivity contribution is 8.00. The van der Waals surface area contributed by atoms with Crippen molar-refractivity contribution < 1.29 is 8.78 Å². The molecule has 0 aromatic heterocycles. The van der Waals surface area contributed by atoms with Gasteiger partial charge in [-0.15, -0.1) is 11.8 Å². The lowest BCUT2D eigenvalue weighted by atomic mass is 10.1. The van der Waals surface area contributed by atoms with Gasteiger partial charge in [-0.05, 0) is 51.3 Å². The van der Waals surface area contributed by atoms with Gasteiger partial charge in [0.25, 0.3) is 0 Å². The zero-order valence-corrected chi connectivity index (χ0v) is 13.2. The Hall–Kier alpha value is -0.610. The maximum absolute atomic E-state index is 14.1. The molecule has 1 aromatic carbocycles. The first-order valence-electron chi connectivity index (χ1n) is 7.25. The molecule has 20 heavy (non-hydrogen) atoms. The van der Waals surface area contributed by atoms with Gasteiger partial charge in [0.05, 0.1) is 4.90 Å². The highest BCUT2D eigenvalue weighted by atomic mass is 32.2. The van der Waals surface area contributed by atoms with Crippen LogP contribution in [0.3, 0.4) is 0 Å². The molecule has 0 atom stereocenters. The van der Waals surface area contributed by atoms with Gasteiger partial charge in [0.15, 0.2) is 0 Å². The molecular weight excluding hydrogens is 276 g/mol. The Morgan fingerprint density at radius 3 is 2.20 bits per heavy atom. The standard InChI is InChI=1S/C16H23F2NS/c1-16(2,3)19-10-11-8-13(17)15(14(18)9-11)20-12-6-4-5-7-12/h8-9,12,19H,4-7,10H2,1-3H3. The van der Waals surface area contributed by atoms with Crippen LogP contribution in [-0.2, 0) is 6.54 Å². The third-order valence-electron chi connectivity index (χ3n) is 3.47. The van der Waals surface area contributed by atoms with Gasteiger partial charge in [-0.3, -0.25) is 0 Å². The molecule has 1 aliphatic rings. The minimum atomic E-state index is -0.424. The lowest BCUT2D eigenvalue weighted by molar-refractivity contribution is 0.422. The Balaban J connectivity index is 2.07. The van der Waals surface area contributed by atoms with Gasteiger partial charge in [-0.25, -0.2) is 8.78 Å². The zero-order chi connectivity index (χ0) is 14.8. The van der Waals surface area contributed by atoms with E-state index in [1.165, 1.54) is 36.7 Å². The van der Waals surface area contributed by atoms with Crippen LogP contribution in [0.15, 0.2) is 17.0 Å². The summed E-state index contributed by atoms with van der Waals surface area (Å²) in [7, 11) is 0. The molecule has 0 amide bonds. The Kier molecular flexibility index (Phi) is 5.08. The van der Waals surface area contributed by atoms with Gasteiger partial charge in [-0.1, -0.05) is 12.8 Å². The van der Waals surface area contributed by atoms with Crippen molar-refractivity contribution in [3.8, 4) is 0 Å². The average Bonchev–Trinajstić information content (AvgIpc) is 2.83. The van der Waals surface area contributed by atoms with Crippen molar-refractivity contribution in [3.05, 3.63) is 29.3 Å². The molecule has 1 nitrogen and oxygen atoms in total. The summed E-state index contributed by atoms with van der Waals surface area (Å²) in [6.45, 7) is 6.57. The second-order valence-corrected chi connectivity index (χ2v) is 7.83. The van der Waals surface area contributed by atoms with Crippen molar-refractivity contribution in [2.45, 2.75) is 68.7 Å². The fourth-order valence-corrected chi connectivity index (χ4v) is 3.61. The summed E-state index contributed by atoms with van der Waals surface area (Å²) in [5, 5.41) is 3.62. The number of benzene rings is 1. The summed E-state index contributed by atoms with van der Waals surface area (Å²) in [6.07, 6.45) is 4.48. The predicted octanol–water partition coefficient (Wildman–Crippen LogP) is 4.89. The number of hydrogen-bond donors (Lipinski definition) is 1. The summed E-state index contributed by atoms with van der Waals surface area (Å²) >= 11 is 1.37. The maximum atomic E-state index is 14.1. The van der Waals surface area contributed by atoms with Gasteiger partial charge in [0.1, 0.15) is 11.6 Å². The van der Waals surface area contributed by atoms with Crippen molar-refractivity contribution in [3.63, 3.8) is 0 Å². The summed E-state index contributed by atoms with van der Waals surface area (Å²) in [5.41, 5.74) is 0.593. The normalized spacial score (nSPS) is 16.9. The smallest absolute Gasteiger partial charge is 0.140 e. The molecule has 0 bridgehead atoms. The molecule has 112 valence electrons. The Morgan fingerprint density at radius 2 is 1.70 bits per heavy atom. The summed E-state index contributed by atoms with van der Waals surface area (Å²) in [6, 6.07) is 2.91. The average molecular weight is 299 g/mol. The summed E-state index contributed by atoms with van der Waals surface area (Å²) < 4.78 is 28.2. The van der Waals surface area contributed by atoms with Crippen molar-refractivity contribution in [1.82, 2.24) is 5.32 Å². The van der Waals surface area contributed by atoms with E-state index in [0.29, 0.717) is 17.4 Å². The first kappa shape index (κ1) is 15.8.